The summed E-state index contributed by atoms with van der Waals surface area (Å²) in [6, 6.07) is 7.31. The van der Waals surface area contributed by atoms with Crippen LogP contribution in [0.25, 0.3) is 6.08 Å². The molecular weight excluding hydrogens is 360 g/mol. The number of halogens is 4. The Morgan fingerprint density at radius 3 is 2.19 bits per heavy atom. The van der Waals surface area contributed by atoms with E-state index in [9.17, 15) is 22.4 Å². The molecule has 2 aromatic rings. The SMILES string of the molecule is O=C(/C=C/c1c(F)cccc1F)N1CCN(Cc2ccc(F)c(F)c2)CC1. The number of carbonyl (C=O) groups excluding carboxylic acids is 1. The Morgan fingerprint density at radius 1 is 0.889 bits per heavy atom. The van der Waals surface area contributed by atoms with Gasteiger partial charge in [0.05, 0.1) is 0 Å². The van der Waals surface area contributed by atoms with E-state index in [4.69, 9.17) is 0 Å². The molecule has 1 heterocycles. The number of hydrogen-bond donors (Lipinski definition) is 0. The maximum absolute atomic E-state index is 13.6. The second kappa shape index (κ2) is 8.35. The zero-order valence-electron chi connectivity index (χ0n) is 14.5. The highest BCUT2D eigenvalue weighted by molar-refractivity contribution is 5.91. The summed E-state index contributed by atoms with van der Waals surface area (Å²) in [6.07, 6.45) is 2.30. The number of hydrogen-bond acceptors (Lipinski definition) is 2. The minimum atomic E-state index is -0.883. The molecule has 0 unspecified atom stereocenters. The zero-order chi connectivity index (χ0) is 19.4. The third-order valence-electron chi connectivity index (χ3n) is 4.47. The Hall–Kier alpha value is -2.67. The number of rotatable bonds is 4. The molecule has 0 N–H and O–H groups in total. The van der Waals surface area contributed by atoms with E-state index in [2.05, 4.69) is 0 Å². The summed E-state index contributed by atoms with van der Waals surface area (Å²) in [6.45, 7) is 2.45. The molecule has 7 heteroatoms. The first-order valence-electron chi connectivity index (χ1n) is 8.51. The molecule has 1 saturated heterocycles. The zero-order valence-corrected chi connectivity index (χ0v) is 14.5. The lowest BCUT2D eigenvalue weighted by atomic mass is 10.1. The maximum Gasteiger partial charge on any atom is 0.246 e. The van der Waals surface area contributed by atoms with Crippen molar-refractivity contribution in [3.05, 3.63) is 76.9 Å². The second-order valence-corrected chi connectivity index (χ2v) is 6.32. The molecule has 1 fully saturated rings. The van der Waals surface area contributed by atoms with E-state index in [1.54, 1.807) is 4.90 Å². The summed E-state index contributed by atoms with van der Waals surface area (Å²) < 4.78 is 53.4. The molecule has 0 aliphatic carbocycles. The Balaban J connectivity index is 1.54. The summed E-state index contributed by atoms with van der Waals surface area (Å²) in [4.78, 5) is 15.8. The smallest absolute Gasteiger partial charge is 0.246 e. The van der Waals surface area contributed by atoms with Crippen LogP contribution in [0.1, 0.15) is 11.1 Å². The van der Waals surface area contributed by atoms with Gasteiger partial charge in [-0.1, -0.05) is 12.1 Å². The predicted molar refractivity (Wildman–Crippen MR) is 93.6 cm³/mol. The molecule has 0 atom stereocenters. The largest absolute Gasteiger partial charge is 0.337 e. The number of benzene rings is 2. The minimum Gasteiger partial charge on any atom is -0.337 e. The number of carbonyl (C=O) groups is 1. The van der Waals surface area contributed by atoms with Crippen LogP contribution in [0.15, 0.2) is 42.5 Å². The van der Waals surface area contributed by atoms with Crippen molar-refractivity contribution in [2.45, 2.75) is 6.54 Å². The fraction of sp³-hybridized carbons (Fsp3) is 0.250. The van der Waals surface area contributed by atoms with Crippen LogP contribution in [-0.4, -0.2) is 41.9 Å². The van der Waals surface area contributed by atoms with Gasteiger partial charge < -0.3 is 4.90 Å². The average molecular weight is 378 g/mol. The van der Waals surface area contributed by atoms with Gasteiger partial charge in [-0.2, -0.15) is 0 Å². The van der Waals surface area contributed by atoms with E-state index in [0.717, 1.165) is 30.4 Å². The number of piperazine rings is 1. The van der Waals surface area contributed by atoms with Crippen molar-refractivity contribution < 1.29 is 22.4 Å². The first-order chi connectivity index (χ1) is 12.9. The Labute approximate surface area is 154 Å². The van der Waals surface area contributed by atoms with Crippen molar-refractivity contribution in [3.63, 3.8) is 0 Å². The molecule has 0 aromatic heterocycles. The average Bonchev–Trinajstić information content (AvgIpc) is 2.65. The molecule has 1 aliphatic rings. The van der Waals surface area contributed by atoms with Crippen LogP contribution in [0.5, 0.6) is 0 Å². The van der Waals surface area contributed by atoms with Crippen molar-refractivity contribution in [3.8, 4) is 0 Å². The molecule has 0 spiro atoms. The Morgan fingerprint density at radius 2 is 1.56 bits per heavy atom. The van der Waals surface area contributed by atoms with Gasteiger partial charge in [-0.25, -0.2) is 17.6 Å². The van der Waals surface area contributed by atoms with Crippen LogP contribution in [0, 0.1) is 23.3 Å². The van der Waals surface area contributed by atoms with E-state index < -0.39 is 23.3 Å². The van der Waals surface area contributed by atoms with Gasteiger partial charge in [0.2, 0.25) is 5.91 Å². The van der Waals surface area contributed by atoms with Crippen molar-refractivity contribution in [1.29, 1.82) is 0 Å². The highest BCUT2D eigenvalue weighted by Gasteiger charge is 2.20. The van der Waals surface area contributed by atoms with E-state index in [1.807, 2.05) is 4.90 Å². The van der Waals surface area contributed by atoms with Gasteiger partial charge in [-0.15, -0.1) is 0 Å². The van der Waals surface area contributed by atoms with Gasteiger partial charge in [0.15, 0.2) is 11.6 Å². The van der Waals surface area contributed by atoms with Crippen molar-refractivity contribution in [2.75, 3.05) is 26.2 Å². The molecule has 3 nitrogen and oxygen atoms in total. The standard InChI is InChI=1S/C20H18F4N2O/c21-16-2-1-3-17(22)15(16)5-7-20(27)26-10-8-25(9-11-26)13-14-4-6-18(23)19(24)12-14/h1-7,12H,8-11,13H2/b7-5+. The van der Waals surface area contributed by atoms with E-state index in [-0.39, 0.29) is 11.5 Å². The molecule has 1 aliphatic heterocycles. The van der Waals surface area contributed by atoms with Gasteiger partial charge in [0.1, 0.15) is 11.6 Å². The quantitative estimate of drug-likeness (QED) is 0.600. The highest BCUT2D eigenvalue weighted by Crippen LogP contribution is 2.15. The third-order valence-corrected chi connectivity index (χ3v) is 4.47. The highest BCUT2D eigenvalue weighted by atomic mass is 19.2. The van der Waals surface area contributed by atoms with Crippen LogP contribution < -0.4 is 0 Å². The summed E-state index contributed by atoms with van der Waals surface area (Å²) in [5.74, 6) is -3.55. The molecule has 0 radical (unpaired) electrons. The molecule has 27 heavy (non-hydrogen) atoms. The van der Waals surface area contributed by atoms with Crippen LogP contribution in [-0.2, 0) is 11.3 Å². The van der Waals surface area contributed by atoms with E-state index >= 15 is 0 Å². The van der Waals surface area contributed by atoms with Gasteiger partial charge in [-0.3, -0.25) is 9.69 Å². The van der Waals surface area contributed by atoms with Crippen molar-refractivity contribution >= 4 is 12.0 Å². The summed E-state index contributed by atoms with van der Waals surface area (Å²) in [5, 5.41) is 0. The minimum absolute atomic E-state index is 0.247. The van der Waals surface area contributed by atoms with E-state index in [1.165, 1.54) is 18.2 Å². The normalized spacial score (nSPS) is 15.5. The summed E-state index contributed by atoms with van der Waals surface area (Å²) in [5.41, 5.74) is 0.409. The van der Waals surface area contributed by atoms with Gasteiger partial charge in [-0.05, 0) is 35.9 Å². The topological polar surface area (TPSA) is 23.6 Å². The fourth-order valence-electron chi connectivity index (χ4n) is 2.95. The first-order valence-corrected chi connectivity index (χ1v) is 8.51. The molecule has 2 aromatic carbocycles. The van der Waals surface area contributed by atoms with Crippen LogP contribution in [0.2, 0.25) is 0 Å². The first kappa shape index (κ1) is 19.1. The molecule has 142 valence electrons. The number of nitrogens with zero attached hydrogens (tertiary/aromatic N) is 2. The van der Waals surface area contributed by atoms with Crippen LogP contribution in [0.4, 0.5) is 17.6 Å². The summed E-state index contributed by atoms with van der Waals surface area (Å²) in [7, 11) is 0. The Kier molecular flexibility index (Phi) is 5.91. The fourth-order valence-corrected chi connectivity index (χ4v) is 2.95. The lowest BCUT2D eigenvalue weighted by Gasteiger charge is -2.34. The third kappa shape index (κ3) is 4.74. The van der Waals surface area contributed by atoms with Gasteiger partial charge in [0, 0.05) is 44.4 Å². The molecule has 0 saturated carbocycles. The lowest BCUT2D eigenvalue weighted by molar-refractivity contribution is -0.127. The van der Waals surface area contributed by atoms with Gasteiger partial charge in [0.25, 0.3) is 0 Å². The number of amides is 1. The van der Waals surface area contributed by atoms with Crippen LogP contribution in [0.3, 0.4) is 0 Å². The molecule has 1 amide bonds. The lowest BCUT2D eigenvalue weighted by Crippen LogP contribution is -2.47. The Bertz CT molecular complexity index is 841. The summed E-state index contributed by atoms with van der Waals surface area (Å²) >= 11 is 0. The monoisotopic (exact) mass is 378 g/mol. The molecule has 0 bridgehead atoms. The maximum atomic E-state index is 13.6. The molecular formula is C20H18F4N2O. The molecule has 3 rings (SSSR count). The van der Waals surface area contributed by atoms with Crippen molar-refractivity contribution in [1.82, 2.24) is 9.80 Å². The van der Waals surface area contributed by atoms with E-state index in [0.29, 0.717) is 38.3 Å². The van der Waals surface area contributed by atoms with Crippen molar-refractivity contribution in [2.24, 2.45) is 0 Å². The second-order valence-electron chi connectivity index (χ2n) is 6.32. The van der Waals surface area contributed by atoms with Gasteiger partial charge >= 0.3 is 0 Å². The predicted octanol–water partition coefficient (Wildman–Crippen LogP) is 3.60. The van der Waals surface area contributed by atoms with Crippen LogP contribution >= 0.6 is 0 Å².